The summed E-state index contributed by atoms with van der Waals surface area (Å²) < 4.78 is 6.25. The second-order valence-electron chi connectivity index (χ2n) is 7.75. The van der Waals surface area contributed by atoms with Crippen LogP contribution in [0.15, 0.2) is 59.7 Å². The average Bonchev–Trinajstić information content (AvgIpc) is 3.29. The molecule has 0 bridgehead atoms. The Bertz CT molecular complexity index is 1330. The zero-order valence-electron chi connectivity index (χ0n) is 18.6. The first-order valence-electron chi connectivity index (χ1n) is 10.9. The Morgan fingerprint density at radius 3 is 2.71 bits per heavy atom. The lowest BCUT2D eigenvalue weighted by Crippen LogP contribution is -2.36. The SMILES string of the molecule is Cc1cccc(/C=N/Nc2nc(N3CCOCC3)c3sc(C(=O)Nc4ccccc4)nc3n2)c1. The lowest BCUT2D eigenvalue weighted by molar-refractivity contribution is 0.102. The minimum atomic E-state index is -0.283. The van der Waals surface area contributed by atoms with E-state index in [1.807, 2.05) is 61.5 Å². The molecule has 5 rings (SSSR count). The van der Waals surface area contributed by atoms with Gasteiger partial charge in [0.15, 0.2) is 16.5 Å². The van der Waals surface area contributed by atoms with Crippen molar-refractivity contribution in [2.45, 2.75) is 6.92 Å². The molecule has 2 aromatic heterocycles. The molecular weight excluding hydrogens is 450 g/mol. The largest absolute Gasteiger partial charge is 0.378 e. The van der Waals surface area contributed by atoms with E-state index in [1.165, 1.54) is 11.3 Å². The van der Waals surface area contributed by atoms with Crippen LogP contribution in [0.4, 0.5) is 17.5 Å². The topological polar surface area (TPSA) is 105 Å². The molecule has 1 aliphatic heterocycles. The molecule has 2 aromatic carbocycles. The quantitative estimate of drug-likeness (QED) is 0.323. The average molecular weight is 474 g/mol. The van der Waals surface area contributed by atoms with Gasteiger partial charge in [0.05, 0.1) is 19.4 Å². The summed E-state index contributed by atoms with van der Waals surface area (Å²) in [6.07, 6.45) is 1.72. The molecule has 0 unspecified atom stereocenters. The number of hydrazone groups is 1. The first-order chi connectivity index (χ1) is 16.7. The summed E-state index contributed by atoms with van der Waals surface area (Å²) in [4.78, 5) is 28.7. The fourth-order valence-electron chi connectivity index (χ4n) is 3.57. The number of nitrogens with one attached hydrogen (secondary N) is 2. The number of nitrogens with zero attached hydrogens (tertiary/aromatic N) is 5. The molecule has 10 heteroatoms. The van der Waals surface area contributed by atoms with Gasteiger partial charge in [0.1, 0.15) is 4.70 Å². The number of amides is 1. The highest BCUT2D eigenvalue weighted by Crippen LogP contribution is 2.31. The maximum Gasteiger partial charge on any atom is 0.284 e. The second kappa shape index (κ2) is 9.94. The molecule has 0 aliphatic carbocycles. The number of anilines is 3. The summed E-state index contributed by atoms with van der Waals surface area (Å²) in [6.45, 7) is 4.65. The molecule has 2 N–H and O–H groups in total. The standard InChI is InChI=1S/C24H23N7O2S/c1-16-6-5-7-17(14-16)15-25-30-24-28-20-19(21(29-24)31-10-12-33-13-11-31)34-23(27-20)22(32)26-18-8-3-2-4-9-18/h2-9,14-15H,10-13H2,1H3,(H,26,32)(H,28,29,30)/b25-15+. The number of rotatable bonds is 6. The summed E-state index contributed by atoms with van der Waals surface area (Å²) in [5, 5.41) is 7.50. The third-order valence-electron chi connectivity index (χ3n) is 5.19. The van der Waals surface area contributed by atoms with Crippen LogP contribution in [0.2, 0.25) is 0 Å². The normalized spacial score (nSPS) is 14.0. The van der Waals surface area contributed by atoms with Gasteiger partial charge in [-0.15, -0.1) is 11.3 Å². The first kappa shape index (κ1) is 21.9. The van der Waals surface area contributed by atoms with Crippen LogP contribution < -0.4 is 15.6 Å². The van der Waals surface area contributed by atoms with Crippen LogP contribution in [0.1, 0.15) is 20.9 Å². The molecule has 9 nitrogen and oxygen atoms in total. The predicted molar refractivity (Wildman–Crippen MR) is 135 cm³/mol. The summed E-state index contributed by atoms with van der Waals surface area (Å²) in [5.41, 5.74) is 6.20. The molecule has 0 radical (unpaired) electrons. The van der Waals surface area contributed by atoms with Gasteiger partial charge >= 0.3 is 0 Å². The summed E-state index contributed by atoms with van der Waals surface area (Å²) in [5.74, 6) is 0.755. The van der Waals surface area contributed by atoms with Crippen molar-refractivity contribution in [1.82, 2.24) is 15.0 Å². The molecule has 0 spiro atoms. The highest BCUT2D eigenvalue weighted by Gasteiger charge is 2.22. The van der Waals surface area contributed by atoms with Gasteiger partial charge in [-0.25, -0.2) is 10.4 Å². The number of thiazole rings is 1. The van der Waals surface area contributed by atoms with Gasteiger partial charge in [0.25, 0.3) is 5.91 Å². The summed E-state index contributed by atoms with van der Waals surface area (Å²) >= 11 is 1.28. The van der Waals surface area contributed by atoms with Crippen molar-refractivity contribution in [2.75, 3.05) is 41.9 Å². The number of para-hydroxylation sites is 1. The fraction of sp³-hybridized carbons (Fsp3) is 0.208. The maximum atomic E-state index is 12.8. The number of ether oxygens (including phenoxy) is 1. The Kier molecular flexibility index (Phi) is 6.41. The minimum absolute atomic E-state index is 0.283. The second-order valence-corrected chi connectivity index (χ2v) is 8.75. The number of aromatic nitrogens is 3. The van der Waals surface area contributed by atoms with Crippen LogP contribution in [-0.2, 0) is 4.74 Å². The number of hydrogen-bond donors (Lipinski definition) is 2. The van der Waals surface area contributed by atoms with E-state index in [9.17, 15) is 4.79 Å². The van der Waals surface area contributed by atoms with Crippen molar-refractivity contribution >= 4 is 51.3 Å². The van der Waals surface area contributed by atoms with E-state index in [-0.39, 0.29) is 5.91 Å². The van der Waals surface area contributed by atoms with E-state index in [0.717, 1.165) is 21.6 Å². The van der Waals surface area contributed by atoms with Crippen LogP contribution in [0.3, 0.4) is 0 Å². The number of hydrogen-bond acceptors (Lipinski definition) is 9. The van der Waals surface area contributed by atoms with Gasteiger partial charge in [-0.05, 0) is 24.6 Å². The molecule has 0 atom stereocenters. The number of morpholine rings is 1. The van der Waals surface area contributed by atoms with E-state index < -0.39 is 0 Å². The van der Waals surface area contributed by atoms with Crippen molar-refractivity contribution in [2.24, 2.45) is 5.10 Å². The molecule has 172 valence electrons. The van der Waals surface area contributed by atoms with Crippen molar-refractivity contribution in [3.05, 3.63) is 70.7 Å². The summed E-state index contributed by atoms with van der Waals surface area (Å²) in [7, 11) is 0. The number of fused-ring (bicyclic) bond motifs is 1. The Morgan fingerprint density at radius 2 is 1.91 bits per heavy atom. The highest BCUT2D eigenvalue weighted by molar-refractivity contribution is 7.20. The molecule has 4 aromatic rings. The lowest BCUT2D eigenvalue weighted by atomic mass is 10.2. The van der Waals surface area contributed by atoms with Gasteiger partial charge in [-0.1, -0.05) is 48.0 Å². The van der Waals surface area contributed by atoms with Gasteiger partial charge in [0, 0.05) is 18.8 Å². The monoisotopic (exact) mass is 473 g/mol. The zero-order valence-corrected chi connectivity index (χ0v) is 19.4. The number of benzene rings is 2. The Labute approximate surface area is 200 Å². The number of aryl methyl sites for hydroxylation is 1. The zero-order chi connectivity index (χ0) is 23.3. The number of carbonyl (C=O) groups is 1. The molecule has 1 aliphatic rings. The molecule has 1 amide bonds. The molecule has 34 heavy (non-hydrogen) atoms. The van der Waals surface area contributed by atoms with E-state index in [1.54, 1.807) is 6.21 Å². The smallest absolute Gasteiger partial charge is 0.284 e. The lowest BCUT2D eigenvalue weighted by Gasteiger charge is -2.28. The Balaban J connectivity index is 1.45. The van der Waals surface area contributed by atoms with Crippen molar-refractivity contribution in [3.63, 3.8) is 0 Å². The first-order valence-corrected chi connectivity index (χ1v) is 11.7. The molecule has 0 saturated carbocycles. The van der Waals surface area contributed by atoms with Crippen LogP contribution in [0.5, 0.6) is 0 Å². The summed E-state index contributed by atoms with van der Waals surface area (Å²) in [6, 6.07) is 17.3. The third kappa shape index (κ3) is 5.03. The van der Waals surface area contributed by atoms with E-state index in [0.29, 0.717) is 48.6 Å². The van der Waals surface area contributed by atoms with Crippen LogP contribution in [0, 0.1) is 6.92 Å². The van der Waals surface area contributed by atoms with Crippen molar-refractivity contribution < 1.29 is 9.53 Å². The fourth-order valence-corrected chi connectivity index (χ4v) is 4.49. The number of carbonyl (C=O) groups excluding carboxylic acids is 1. The third-order valence-corrected chi connectivity index (χ3v) is 6.23. The minimum Gasteiger partial charge on any atom is -0.378 e. The molecule has 1 saturated heterocycles. The van der Waals surface area contributed by atoms with Crippen molar-refractivity contribution in [3.8, 4) is 0 Å². The molecule has 1 fully saturated rings. The van der Waals surface area contributed by atoms with Gasteiger partial charge in [-0.2, -0.15) is 15.1 Å². The van der Waals surface area contributed by atoms with Gasteiger partial charge in [-0.3, -0.25) is 4.79 Å². The highest BCUT2D eigenvalue weighted by atomic mass is 32.1. The molecular formula is C24H23N7O2S. The maximum absolute atomic E-state index is 12.8. The van der Waals surface area contributed by atoms with E-state index >= 15 is 0 Å². The van der Waals surface area contributed by atoms with Crippen LogP contribution in [-0.4, -0.2) is 53.4 Å². The van der Waals surface area contributed by atoms with E-state index in [2.05, 4.69) is 30.7 Å². The molecule has 3 heterocycles. The Morgan fingerprint density at radius 1 is 1.09 bits per heavy atom. The van der Waals surface area contributed by atoms with Crippen LogP contribution in [0.25, 0.3) is 10.3 Å². The van der Waals surface area contributed by atoms with E-state index in [4.69, 9.17) is 9.72 Å². The Hall–Kier alpha value is -3.89. The van der Waals surface area contributed by atoms with Gasteiger partial charge in [0.2, 0.25) is 5.95 Å². The predicted octanol–water partition coefficient (Wildman–Crippen LogP) is 3.93. The van der Waals surface area contributed by atoms with Gasteiger partial charge < -0.3 is 15.0 Å². The van der Waals surface area contributed by atoms with Crippen molar-refractivity contribution in [1.29, 1.82) is 0 Å². The van der Waals surface area contributed by atoms with Crippen LogP contribution >= 0.6 is 11.3 Å².